The van der Waals surface area contributed by atoms with Crippen molar-refractivity contribution in [3.8, 4) is 0 Å². The maximum atomic E-state index is 11.7. The Kier molecular flexibility index (Phi) is 4.17. The van der Waals surface area contributed by atoms with Crippen LogP contribution in [0.3, 0.4) is 0 Å². The molecule has 1 aromatic heterocycles. The minimum Gasteiger partial charge on any atom is -0.397 e. The standard InChI is InChI=1S/C12H21N3O2/c1-8(2)5-12(3,17)7-15-11(16)10-4-9(13)6-14-10/h4,6,8,14,17H,5,7,13H2,1-3H3,(H,15,16). The second-order valence-electron chi connectivity index (χ2n) is 5.12. The van der Waals surface area contributed by atoms with Crippen LogP contribution in [0.2, 0.25) is 0 Å². The van der Waals surface area contributed by atoms with Gasteiger partial charge in [-0.3, -0.25) is 4.79 Å². The number of H-pyrrole nitrogens is 1. The van der Waals surface area contributed by atoms with Crippen molar-refractivity contribution in [2.24, 2.45) is 5.92 Å². The molecule has 0 fully saturated rings. The van der Waals surface area contributed by atoms with E-state index in [1.54, 1.807) is 19.2 Å². The number of anilines is 1. The smallest absolute Gasteiger partial charge is 0.267 e. The first kappa shape index (κ1) is 13.6. The molecule has 1 heterocycles. The molecule has 5 nitrogen and oxygen atoms in total. The van der Waals surface area contributed by atoms with Gasteiger partial charge >= 0.3 is 0 Å². The molecule has 0 spiro atoms. The van der Waals surface area contributed by atoms with E-state index in [1.807, 2.05) is 13.8 Å². The minimum absolute atomic E-state index is 0.225. The van der Waals surface area contributed by atoms with Gasteiger partial charge in [-0.05, 0) is 25.3 Å². The first-order valence-electron chi connectivity index (χ1n) is 5.74. The largest absolute Gasteiger partial charge is 0.397 e. The first-order valence-corrected chi connectivity index (χ1v) is 5.74. The number of nitrogens with one attached hydrogen (secondary N) is 2. The van der Waals surface area contributed by atoms with Crippen LogP contribution in [-0.2, 0) is 0 Å². The van der Waals surface area contributed by atoms with Crippen LogP contribution >= 0.6 is 0 Å². The Balaban J connectivity index is 2.48. The van der Waals surface area contributed by atoms with Crippen LogP contribution in [0.4, 0.5) is 5.69 Å². The second kappa shape index (κ2) is 5.23. The number of nitrogens with two attached hydrogens (primary N) is 1. The highest BCUT2D eigenvalue weighted by atomic mass is 16.3. The van der Waals surface area contributed by atoms with Crippen molar-refractivity contribution in [1.82, 2.24) is 10.3 Å². The molecular formula is C12H21N3O2. The number of aromatic amines is 1. The minimum atomic E-state index is -0.887. The zero-order chi connectivity index (χ0) is 13.1. The molecule has 0 aliphatic rings. The number of carbonyl (C=O) groups is 1. The summed E-state index contributed by atoms with van der Waals surface area (Å²) >= 11 is 0. The molecule has 0 radical (unpaired) electrons. The molecule has 5 heteroatoms. The number of rotatable bonds is 5. The van der Waals surface area contributed by atoms with Gasteiger partial charge in [0, 0.05) is 18.4 Å². The van der Waals surface area contributed by atoms with Crippen LogP contribution in [0.25, 0.3) is 0 Å². The highest BCUT2D eigenvalue weighted by molar-refractivity contribution is 5.93. The first-order chi connectivity index (χ1) is 7.80. The number of aromatic nitrogens is 1. The predicted octanol–water partition coefficient (Wildman–Crippen LogP) is 1.12. The Morgan fingerprint density at radius 3 is 2.76 bits per heavy atom. The van der Waals surface area contributed by atoms with Gasteiger partial charge in [-0.2, -0.15) is 0 Å². The van der Waals surface area contributed by atoms with Crippen molar-refractivity contribution in [2.75, 3.05) is 12.3 Å². The second-order valence-corrected chi connectivity index (χ2v) is 5.12. The highest BCUT2D eigenvalue weighted by Gasteiger charge is 2.23. The zero-order valence-corrected chi connectivity index (χ0v) is 10.6. The van der Waals surface area contributed by atoms with E-state index in [-0.39, 0.29) is 12.5 Å². The van der Waals surface area contributed by atoms with Crippen LogP contribution < -0.4 is 11.1 Å². The van der Waals surface area contributed by atoms with Gasteiger partial charge in [0.25, 0.3) is 5.91 Å². The zero-order valence-electron chi connectivity index (χ0n) is 10.6. The van der Waals surface area contributed by atoms with Gasteiger partial charge in [-0.15, -0.1) is 0 Å². The number of amides is 1. The molecule has 1 amide bonds. The average molecular weight is 239 g/mol. The number of hydrogen-bond donors (Lipinski definition) is 4. The fourth-order valence-corrected chi connectivity index (χ4v) is 1.86. The lowest BCUT2D eigenvalue weighted by Gasteiger charge is -2.25. The third-order valence-electron chi connectivity index (χ3n) is 2.43. The quantitative estimate of drug-likeness (QED) is 0.620. The normalized spacial score (nSPS) is 14.6. The molecule has 1 aromatic rings. The van der Waals surface area contributed by atoms with Crippen molar-refractivity contribution < 1.29 is 9.90 Å². The van der Waals surface area contributed by atoms with E-state index in [0.29, 0.717) is 23.7 Å². The number of aliphatic hydroxyl groups is 1. The summed E-state index contributed by atoms with van der Waals surface area (Å²) in [5.41, 5.74) is 5.54. The van der Waals surface area contributed by atoms with Gasteiger partial charge in [0.1, 0.15) is 5.69 Å². The van der Waals surface area contributed by atoms with Gasteiger partial charge in [0.15, 0.2) is 0 Å². The maximum Gasteiger partial charge on any atom is 0.267 e. The third kappa shape index (κ3) is 4.48. The molecule has 96 valence electrons. The number of carbonyl (C=O) groups excluding carboxylic acids is 1. The monoisotopic (exact) mass is 239 g/mol. The van der Waals surface area contributed by atoms with Gasteiger partial charge < -0.3 is 21.1 Å². The number of nitrogen functional groups attached to an aromatic ring is 1. The van der Waals surface area contributed by atoms with E-state index in [9.17, 15) is 9.90 Å². The van der Waals surface area contributed by atoms with E-state index in [0.717, 1.165) is 0 Å². The van der Waals surface area contributed by atoms with E-state index in [4.69, 9.17) is 5.73 Å². The van der Waals surface area contributed by atoms with Crippen molar-refractivity contribution in [1.29, 1.82) is 0 Å². The summed E-state index contributed by atoms with van der Waals surface area (Å²) in [5, 5.41) is 12.7. The van der Waals surface area contributed by atoms with Gasteiger partial charge in [-0.25, -0.2) is 0 Å². The molecule has 0 bridgehead atoms. The van der Waals surface area contributed by atoms with Crippen LogP contribution in [0.5, 0.6) is 0 Å². The summed E-state index contributed by atoms with van der Waals surface area (Å²) in [6, 6.07) is 1.56. The van der Waals surface area contributed by atoms with Gasteiger partial charge in [0.05, 0.1) is 5.60 Å². The van der Waals surface area contributed by atoms with Crippen LogP contribution in [0.15, 0.2) is 12.3 Å². The third-order valence-corrected chi connectivity index (χ3v) is 2.43. The van der Waals surface area contributed by atoms with E-state index in [1.165, 1.54) is 0 Å². The Morgan fingerprint density at radius 2 is 2.29 bits per heavy atom. The molecule has 1 rings (SSSR count). The summed E-state index contributed by atoms with van der Waals surface area (Å²) in [5.74, 6) is 0.119. The summed E-state index contributed by atoms with van der Waals surface area (Å²) in [6.07, 6.45) is 2.20. The lowest BCUT2D eigenvalue weighted by Crippen LogP contribution is -2.41. The maximum absolute atomic E-state index is 11.7. The Hall–Kier alpha value is -1.49. The Labute approximate surface area is 101 Å². The molecule has 1 unspecified atom stereocenters. The fraction of sp³-hybridized carbons (Fsp3) is 0.583. The van der Waals surface area contributed by atoms with Crippen molar-refractivity contribution in [3.05, 3.63) is 18.0 Å². The molecule has 0 aliphatic carbocycles. The molecule has 0 saturated carbocycles. The van der Waals surface area contributed by atoms with E-state index in [2.05, 4.69) is 10.3 Å². The molecule has 5 N–H and O–H groups in total. The Morgan fingerprint density at radius 1 is 1.65 bits per heavy atom. The predicted molar refractivity (Wildman–Crippen MR) is 67.6 cm³/mol. The lowest BCUT2D eigenvalue weighted by molar-refractivity contribution is 0.0367. The molecule has 0 aromatic carbocycles. The number of hydrogen-bond acceptors (Lipinski definition) is 3. The Bertz CT molecular complexity index is 383. The summed E-state index contributed by atoms with van der Waals surface area (Å²) in [7, 11) is 0. The highest BCUT2D eigenvalue weighted by Crippen LogP contribution is 2.15. The lowest BCUT2D eigenvalue weighted by atomic mass is 9.94. The molecule has 1 atom stereocenters. The molecular weight excluding hydrogens is 218 g/mol. The van der Waals surface area contributed by atoms with Crippen molar-refractivity contribution in [2.45, 2.75) is 32.8 Å². The molecule has 0 saturated heterocycles. The van der Waals surface area contributed by atoms with Gasteiger partial charge in [0.2, 0.25) is 0 Å². The van der Waals surface area contributed by atoms with Crippen LogP contribution in [0.1, 0.15) is 37.7 Å². The average Bonchev–Trinajstić information content (AvgIpc) is 2.59. The van der Waals surface area contributed by atoms with Crippen molar-refractivity contribution in [3.63, 3.8) is 0 Å². The SMILES string of the molecule is CC(C)CC(C)(O)CNC(=O)c1cc(N)c[nH]1. The summed E-state index contributed by atoms with van der Waals surface area (Å²) in [6.45, 7) is 6.00. The molecule has 17 heavy (non-hydrogen) atoms. The molecule has 0 aliphatic heterocycles. The topological polar surface area (TPSA) is 91.1 Å². The van der Waals surface area contributed by atoms with Gasteiger partial charge in [-0.1, -0.05) is 13.8 Å². The summed E-state index contributed by atoms with van der Waals surface area (Å²) < 4.78 is 0. The van der Waals surface area contributed by atoms with Crippen molar-refractivity contribution >= 4 is 11.6 Å². The van der Waals surface area contributed by atoms with Crippen LogP contribution in [0, 0.1) is 5.92 Å². The van der Waals surface area contributed by atoms with E-state index < -0.39 is 5.60 Å². The summed E-state index contributed by atoms with van der Waals surface area (Å²) in [4.78, 5) is 14.4. The van der Waals surface area contributed by atoms with E-state index >= 15 is 0 Å². The van der Waals surface area contributed by atoms with Crippen LogP contribution in [-0.4, -0.2) is 28.1 Å². The fourth-order valence-electron chi connectivity index (χ4n) is 1.86.